The van der Waals surface area contributed by atoms with Gasteiger partial charge in [0.2, 0.25) is 5.91 Å². The van der Waals surface area contributed by atoms with Crippen LogP contribution in [0.1, 0.15) is 30.2 Å². The van der Waals surface area contributed by atoms with Crippen LogP contribution in [-0.2, 0) is 17.9 Å². The van der Waals surface area contributed by atoms with Crippen molar-refractivity contribution in [3.63, 3.8) is 0 Å². The maximum absolute atomic E-state index is 12.2. The summed E-state index contributed by atoms with van der Waals surface area (Å²) in [6, 6.07) is 10.9. The molecule has 2 amide bonds. The largest absolute Gasteiger partial charge is 0.459 e. The van der Waals surface area contributed by atoms with E-state index in [0.29, 0.717) is 5.82 Å². The molecule has 2 N–H and O–H groups in total. The molecule has 0 bridgehead atoms. The molecule has 0 atom stereocenters. The van der Waals surface area contributed by atoms with Crippen molar-refractivity contribution >= 4 is 22.8 Å². The van der Waals surface area contributed by atoms with Crippen LogP contribution in [0.3, 0.4) is 0 Å². The zero-order chi connectivity index (χ0) is 17.8. The summed E-state index contributed by atoms with van der Waals surface area (Å²) in [6.45, 7) is 4.16. The van der Waals surface area contributed by atoms with Crippen molar-refractivity contribution in [2.75, 3.05) is 0 Å². The van der Waals surface area contributed by atoms with Crippen molar-refractivity contribution in [3.8, 4) is 0 Å². The van der Waals surface area contributed by atoms with E-state index in [2.05, 4.69) is 15.6 Å². The molecule has 7 nitrogen and oxygen atoms in total. The average Bonchev–Trinajstić information content (AvgIpc) is 3.21. The summed E-state index contributed by atoms with van der Waals surface area (Å²) in [5.74, 6) is 0.423. The molecular weight excluding hydrogens is 320 g/mol. The van der Waals surface area contributed by atoms with E-state index in [9.17, 15) is 9.59 Å². The Balaban J connectivity index is 1.82. The van der Waals surface area contributed by atoms with Gasteiger partial charge in [-0.1, -0.05) is 12.1 Å². The van der Waals surface area contributed by atoms with Crippen LogP contribution in [-0.4, -0.2) is 27.4 Å². The van der Waals surface area contributed by atoms with Crippen molar-refractivity contribution in [2.24, 2.45) is 0 Å². The fourth-order valence-corrected chi connectivity index (χ4v) is 2.60. The second-order valence-corrected chi connectivity index (χ2v) is 5.99. The van der Waals surface area contributed by atoms with Gasteiger partial charge in [-0.15, -0.1) is 0 Å². The molecule has 0 saturated carbocycles. The lowest BCUT2D eigenvalue weighted by atomic mass is 10.3. The van der Waals surface area contributed by atoms with E-state index in [4.69, 9.17) is 4.42 Å². The Morgan fingerprint density at radius 1 is 1.20 bits per heavy atom. The molecule has 3 aromatic rings. The van der Waals surface area contributed by atoms with Crippen LogP contribution in [0.25, 0.3) is 11.0 Å². The molecule has 0 spiro atoms. The van der Waals surface area contributed by atoms with Crippen LogP contribution in [0.2, 0.25) is 0 Å². The first-order chi connectivity index (χ1) is 12.0. The molecule has 1 aromatic carbocycles. The molecule has 3 rings (SSSR count). The Labute approximate surface area is 145 Å². The lowest BCUT2D eigenvalue weighted by Gasteiger charge is -2.12. The number of amides is 2. The fourth-order valence-electron chi connectivity index (χ4n) is 2.60. The molecule has 0 saturated heterocycles. The molecule has 0 aliphatic heterocycles. The highest BCUT2D eigenvalue weighted by Gasteiger charge is 2.16. The van der Waals surface area contributed by atoms with Crippen LogP contribution in [0.4, 0.5) is 0 Å². The second-order valence-electron chi connectivity index (χ2n) is 5.99. The zero-order valence-corrected chi connectivity index (χ0v) is 14.2. The minimum Gasteiger partial charge on any atom is -0.459 e. The molecule has 25 heavy (non-hydrogen) atoms. The van der Waals surface area contributed by atoms with Crippen molar-refractivity contribution in [1.82, 2.24) is 20.2 Å². The number of hydrogen-bond donors (Lipinski definition) is 2. The summed E-state index contributed by atoms with van der Waals surface area (Å²) in [5, 5.41) is 5.64. The molecule has 130 valence electrons. The number of benzene rings is 1. The number of hydrogen-bond acceptors (Lipinski definition) is 4. The Morgan fingerprint density at radius 3 is 2.72 bits per heavy atom. The highest BCUT2D eigenvalue weighted by atomic mass is 16.3. The maximum atomic E-state index is 12.2. The number of aromatic nitrogens is 2. The summed E-state index contributed by atoms with van der Waals surface area (Å²) >= 11 is 0. The number of nitrogens with one attached hydrogen (secondary N) is 2. The molecule has 2 heterocycles. The first kappa shape index (κ1) is 16.8. The van der Waals surface area contributed by atoms with Crippen molar-refractivity contribution in [1.29, 1.82) is 0 Å². The average molecular weight is 340 g/mol. The first-order valence-electron chi connectivity index (χ1n) is 8.10. The number of fused-ring (bicyclic) bond motifs is 1. The van der Waals surface area contributed by atoms with Gasteiger partial charge in [0.25, 0.3) is 5.91 Å². The third-order valence-corrected chi connectivity index (χ3v) is 3.64. The van der Waals surface area contributed by atoms with Crippen molar-refractivity contribution < 1.29 is 14.0 Å². The Kier molecular flexibility index (Phi) is 4.83. The van der Waals surface area contributed by atoms with E-state index in [1.54, 1.807) is 12.1 Å². The standard InChI is InChI=1S/C18H20N4O3/c1-12(2)20-17(23)11-22-14-7-4-3-6-13(14)21-16(22)10-19-18(24)15-8-5-9-25-15/h3-9,12H,10-11H2,1-2H3,(H,19,24)(H,20,23). The van der Waals surface area contributed by atoms with Gasteiger partial charge in [-0.05, 0) is 38.1 Å². The fraction of sp³-hybridized carbons (Fsp3) is 0.278. The molecule has 0 radical (unpaired) electrons. The van der Waals surface area contributed by atoms with Gasteiger partial charge in [0.1, 0.15) is 12.4 Å². The predicted molar refractivity (Wildman–Crippen MR) is 92.9 cm³/mol. The normalized spacial score (nSPS) is 11.0. The molecule has 2 aromatic heterocycles. The topological polar surface area (TPSA) is 89.2 Å². The van der Waals surface area contributed by atoms with Gasteiger partial charge in [-0.3, -0.25) is 9.59 Å². The highest BCUT2D eigenvalue weighted by molar-refractivity contribution is 5.91. The van der Waals surface area contributed by atoms with Crippen molar-refractivity contribution in [2.45, 2.75) is 33.0 Å². The maximum Gasteiger partial charge on any atom is 0.287 e. The van der Waals surface area contributed by atoms with E-state index in [1.807, 2.05) is 42.7 Å². The van der Waals surface area contributed by atoms with Crippen LogP contribution in [0, 0.1) is 0 Å². The minimum absolute atomic E-state index is 0.0596. The van der Waals surface area contributed by atoms with E-state index >= 15 is 0 Å². The number of nitrogens with zero attached hydrogens (tertiary/aromatic N) is 2. The summed E-state index contributed by atoms with van der Waals surface area (Å²) in [6.07, 6.45) is 1.44. The Hall–Kier alpha value is -3.09. The third-order valence-electron chi connectivity index (χ3n) is 3.64. The summed E-state index contributed by atoms with van der Waals surface area (Å²) in [5.41, 5.74) is 1.63. The Bertz CT molecular complexity index is 881. The van der Waals surface area contributed by atoms with E-state index in [0.717, 1.165) is 11.0 Å². The van der Waals surface area contributed by atoms with Crippen LogP contribution >= 0.6 is 0 Å². The number of carbonyl (C=O) groups excluding carboxylic acids is 2. The minimum atomic E-state index is -0.324. The van der Waals surface area contributed by atoms with Gasteiger partial charge in [0.15, 0.2) is 5.76 Å². The van der Waals surface area contributed by atoms with E-state index < -0.39 is 0 Å². The number of imidazole rings is 1. The molecule has 0 unspecified atom stereocenters. The number of para-hydroxylation sites is 2. The van der Waals surface area contributed by atoms with Gasteiger partial charge in [0.05, 0.1) is 23.8 Å². The van der Waals surface area contributed by atoms with Gasteiger partial charge in [-0.25, -0.2) is 4.98 Å². The third kappa shape index (κ3) is 3.88. The highest BCUT2D eigenvalue weighted by Crippen LogP contribution is 2.16. The first-order valence-corrected chi connectivity index (χ1v) is 8.10. The zero-order valence-electron chi connectivity index (χ0n) is 14.2. The van der Waals surface area contributed by atoms with Crippen LogP contribution in [0.15, 0.2) is 47.1 Å². The van der Waals surface area contributed by atoms with E-state index in [-0.39, 0.29) is 36.7 Å². The molecule has 0 fully saturated rings. The molecule has 7 heteroatoms. The summed E-state index contributed by atoms with van der Waals surface area (Å²) in [4.78, 5) is 28.8. The number of rotatable bonds is 6. The quantitative estimate of drug-likeness (QED) is 0.719. The lowest BCUT2D eigenvalue weighted by molar-refractivity contribution is -0.122. The molecule has 0 aliphatic carbocycles. The second kappa shape index (κ2) is 7.21. The monoisotopic (exact) mass is 340 g/mol. The lowest BCUT2D eigenvalue weighted by Crippen LogP contribution is -2.34. The predicted octanol–water partition coefficient (Wildman–Crippen LogP) is 2.08. The van der Waals surface area contributed by atoms with Gasteiger partial charge < -0.3 is 19.6 Å². The molecular formula is C18H20N4O3. The summed E-state index contributed by atoms with van der Waals surface area (Å²) in [7, 11) is 0. The van der Waals surface area contributed by atoms with Gasteiger partial charge >= 0.3 is 0 Å². The van der Waals surface area contributed by atoms with E-state index in [1.165, 1.54) is 6.26 Å². The molecule has 0 aliphatic rings. The number of furan rings is 1. The Morgan fingerprint density at radius 2 is 2.00 bits per heavy atom. The van der Waals surface area contributed by atoms with Gasteiger partial charge in [0, 0.05) is 6.04 Å². The number of carbonyl (C=O) groups is 2. The SMILES string of the molecule is CC(C)NC(=O)Cn1c(CNC(=O)c2ccco2)nc2ccccc21. The summed E-state index contributed by atoms with van der Waals surface area (Å²) < 4.78 is 6.89. The smallest absolute Gasteiger partial charge is 0.287 e. The van der Waals surface area contributed by atoms with Crippen LogP contribution in [0.5, 0.6) is 0 Å². The van der Waals surface area contributed by atoms with Crippen molar-refractivity contribution in [3.05, 3.63) is 54.2 Å². The van der Waals surface area contributed by atoms with Crippen LogP contribution < -0.4 is 10.6 Å². The van der Waals surface area contributed by atoms with Gasteiger partial charge in [-0.2, -0.15) is 0 Å².